The summed E-state index contributed by atoms with van der Waals surface area (Å²) >= 11 is 7.33. The normalized spacial score (nSPS) is 13.7. The Morgan fingerprint density at radius 3 is 2.96 bits per heavy atom. The average molecular weight is 388 g/mol. The molecule has 0 fully saturated rings. The van der Waals surface area contributed by atoms with Crippen molar-refractivity contribution in [2.24, 2.45) is 0 Å². The number of halogens is 1. The topological polar surface area (TPSA) is 69.4 Å². The SMILES string of the molecule is CN1CCCc2cc(-c3nc(CC(=O)[O-])c(-c4ccc(Cl)s4)o3)ccc21. The minimum Gasteiger partial charge on any atom is -0.550 e. The second-order valence-corrected chi connectivity index (χ2v) is 8.03. The van der Waals surface area contributed by atoms with E-state index in [0.717, 1.165) is 29.8 Å². The number of nitrogens with zero attached hydrogens (tertiary/aromatic N) is 2. The quantitative estimate of drug-likeness (QED) is 0.686. The zero-order valence-electron chi connectivity index (χ0n) is 14.1. The molecule has 0 spiro atoms. The molecule has 0 radical (unpaired) electrons. The van der Waals surface area contributed by atoms with Crippen LogP contribution in [-0.4, -0.2) is 24.5 Å². The maximum atomic E-state index is 11.1. The lowest BCUT2D eigenvalue weighted by Crippen LogP contribution is -2.24. The average Bonchev–Trinajstić information content (AvgIpc) is 3.20. The van der Waals surface area contributed by atoms with Crippen molar-refractivity contribution < 1.29 is 14.3 Å². The Labute approximate surface area is 159 Å². The number of benzene rings is 1. The molecular formula is C19H16ClN2O3S-. The van der Waals surface area contributed by atoms with Gasteiger partial charge in [-0.1, -0.05) is 11.6 Å². The smallest absolute Gasteiger partial charge is 0.227 e. The van der Waals surface area contributed by atoms with Crippen LogP contribution in [0.4, 0.5) is 5.69 Å². The largest absolute Gasteiger partial charge is 0.550 e. The Bertz CT molecular complexity index is 979. The van der Waals surface area contributed by atoms with Crippen molar-refractivity contribution in [3.05, 3.63) is 45.9 Å². The van der Waals surface area contributed by atoms with Crippen LogP contribution in [0, 0.1) is 0 Å². The number of fused-ring (bicyclic) bond motifs is 1. The van der Waals surface area contributed by atoms with Crippen LogP contribution in [0.5, 0.6) is 0 Å². The minimum absolute atomic E-state index is 0.304. The van der Waals surface area contributed by atoms with Crippen LogP contribution in [0.1, 0.15) is 17.7 Å². The summed E-state index contributed by atoms with van der Waals surface area (Å²) in [5.74, 6) is -0.339. The highest BCUT2D eigenvalue weighted by atomic mass is 35.5. The van der Waals surface area contributed by atoms with Crippen LogP contribution >= 0.6 is 22.9 Å². The van der Waals surface area contributed by atoms with Gasteiger partial charge in [0.2, 0.25) is 5.89 Å². The maximum absolute atomic E-state index is 11.1. The van der Waals surface area contributed by atoms with Crippen molar-refractivity contribution in [3.63, 3.8) is 0 Å². The zero-order valence-corrected chi connectivity index (χ0v) is 15.7. The van der Waals surface area contributed by atoms with Gasteiger partial charge in [-0.2, -0.15) is 0 Å². The number of carbonyl (C=O) groups excluding carboxylic acids is 1. The molecule has 0 unspecified atom stereocenters. The third-order valence-electron chi connectivity index (χ3n) is 4.48. The number of aliphatic carboxylic acids is 1. The molecule has 1 aromatic carbocycles. The lowest BCUT2D eigenvalue weighted by Gasteiger charge is -2.27. The molecule has 5 nitrogen and oxygen atoms in total. The van der Waals surface area contributed by atoms with Crippen LogP contribution in [0.25, 0.3) is 22.1 Å². The first-order valence-electron chi connectivity index (χ1n) is 8.31. The summed E-state index contributed by atoms with van der Waals surface area (Å²) in [7, 11) is 2.08. The highest BCUT2D eigenvalue weighted by Crippen LogP contribution is 2.37. The second-order valence-electron chi connectivity index (χ2n) is 6.32. The third-order valence-corrected chi connectivity index (χ3v) is 5.71. The van der Waals surface area contributed by atoms with E-state index in [0.29, 0.717) is 21.7 Å². The molecule has 0 bridgehead atoms. The molecule has 1 aliphatic rings. The van der Waals surface area contributed by atoms with Crippen molar-refractivity contribution in [3.8, 4) is 22.1 Å². The number of carboxylic acid groups (broad SMARTS) is 1. The van der Waals surface area contributed by atoms with Gasteiger partial charge in [0.05, 0.1) is 14.9 Å². The molecule has 0 aliphatic carbocycles. The van der Waals surface area contributed by atoms with Gasteiger partial charge in [-0.3, -0.25) is 0 Å². The molecule has 26 heavy (non-hydrogen) atoms. The molecule has 0 atom stereocenters. The first-order valence-corrected chi connectivity index (χ1v) is 9.50. The molecule has 3 aromatic rings. The van der Waals surface area contributed by atoms with Crippen molar-refractivity contribution in [2.75, 3.05) is 18.5 Å². The summed E-state index contributed by atoms with van der Waals surface area (Å²) in [6.45, 7) is 1.05. The van der Waals surface area contributed by atoms with E-state index in [4.69, 9.17) is 16.0 Å². The van der Waals surface area contributed by atoms with Gasteiger partial charge in [0.15, 0.2) is 5.76 Å². The van der Waals surface area contributed by atoms with Gasteiger partial charge in [0.1, 0.15) is 0 Å². The summed E-state index contributed by atoms with van der Waals surface area (Å²) in [5.41, 5.74) is 3.66. The number of carbonyl (C=O) groups is 1. The number of hydrogen-bond donors (Lipinski definition) is 0. The predicted molar refractivity (Wildman–Crippen MR) is 101 cm³/mol. The number of rotatable bonds is 4. The number of oxazole rings is 1. The van der Waals surface area contributed by atoms with Gasteiger partial charge < -0.3 is 19.2 Å². The van der Waals surface area contributed by atoms with Crippen molar-refractivity contribution in [1.29, 1.82) is 0 Å². The maximum Gasteiger partial charge on any atom is 0.227 e. The number of carboxylic acids is 1. The molecule has 0 amide bonds. The van der Waals surface area contributed by atoms with E-state index in [-0.39, 0.29) is 6.42 Å². The van der Waals surface area contributed by atoms with E-state index >= 15 is 0 Å². The lowest BCUT2D eigenvalue weighted by molar-refractivity contribution is -0.304. The molecule has 3 heterocycles. The number of thiophene rings is 1. The van der Waals surface area contributed by atoms with Gasteiger partial charge in [0.25, 0.3) is 0 Å². The molecule has 0 saturated carbocycles. The van der Waals surface area contributed by atoms with E-state index in [2.05, 4.69) is 29.1 Å². The Hall–Kier alpha value is -2.31. The summed E-state index contributed by atoms with van der Waals surface area (Å²) in [6, 6.07) is 9.65. The molecule has 0 N–H and O–H groups in total. The lowest BCUT2D eigenvalue weighted by atomic mass is 9.99. The summed E-state index contributed by atoms with van der Waals surface area (Å²) in [5, 5.41) is 11.1. The van der Waals surface area contributed by atoms with Crippen molar-refractivity contribution in [2.45, 2.75) is 19.3 Å². The minimum atomic E-state index is -1.19. The first kappa shape index (κ1) is 17.1. The van der Waals surface area contributed by atoms with Crippen LogP contribution in [0.2, 0.25) is 4.34 Å². The van der Waals surface area contributed by atoms with Gasteiger partial charge in [0, 0.05) is 37.2 Å². The Kier molecular flexibility index (Phi) is 4.46. The highest BCUT2D eigenvalue weighted by molar-refractivity contribution is 7.19. The standard InChI is InChI=1S/C19H17ClN2O3S/c1-22-8-2-3-11-9-12(4-5-14(11)22)19-21-13(10-17(23)24)18(25-19)15-6-7-16(20)26-15/h4-7,9H,2-3,8,10H2,1H3,(H,23,24)/p-1. The molecule has 7 heteroatoms. The molecule has 2 aromatic heterocycles. The highest BCUT2D eigenvalue weighted by Gasteiger charge is 2.20. The molecule has 4 rings (SSSR count). The van der Waals surface area contributed by atoms with E-state index in [9.17, 15) is 9.90 Å². The Morgan fingerprint density at radius 1 is 1.38 bits per heavy atom. The first-order chi connectivity index (χ1) is 12.5. The van der Waals surface area contributed by atoms with Crippen LogP contribution in [-0.2, 0) is 17.6 Å². The van der Waals surface area contributed by atoms with E-state index in [1.54, 1.807) is 12.1 Å². The third kappa shape index (κ3) is 3.22. The fourth-order valence-electron chi connectivity index (χ4n) is 3.28. The van der Waals surface area contributed by atoms with Gasteiger partial charge in [-0.05, 0) is 48.7 Å². The van der Waals surface area contributed by atoms with E-state index < -0.39 is 5.97 Å². The fraction of sp³-hybridized carbons (Fsp3) is 0.263. The van der Waals surface area contributed by atoms with E-state index in [1.165, 1.54) is 22.6 Å². The van der Waals surface area contributed by atoms with Crippen molar-refractivity contribution >= 4 is 34.6 Å². The predicted octanol–water partition coefficient (Wildman–Crippen LogP) is 3.40. The number of anilines is 1. The molecule has 134 valence electrons. The Morgan fingerprint density at radius 2 is 2.23 bits per heavy atom. The van der Waals surface area contributed by atoms with Gasteiger partial charge >= 0.3 is 0 Å². The zero-order chi connectivity index (χ0) is 18.3. The summed E-state index contributed by atoms with van der Waals surface area (Å²) < 4.78 is 6.56. The second kappa shape index (κ2) is 6.78. The number of aromatic nitrogens is 1. The Balaban J connectivity index is 1.77. The molecular weight excluding hydrogens is 372 g/mol. The van der Waals surface area contributed by atoms with Crippen molar-refractivity contribution in [1.82, 2.24) is 4.98 Å². The van der Waals surface area contributed by atoms with Crippen LogP contribution < -0.4 is 10.0 Å². The summed E-state index contributed by atoms with van der Waals surface area (Å²) in [6.07, 6.45) is 1.81. The monoisotopic (exact) mass is 387 g/mol. The van der Waals surface area contributed by atoms with Gasteiger partial charge in [-0.15, -0.1) is 11.3 Å². The summed E-state index contributed by atoms with van der Waals surface area (Å²) in [4.78, 5) is 18.5. The number of aryl methyl sites for hydroxylation is 1. The van der Waals surface area contributed by atoms with Crippen LogP contribution in [0.3, 0.4) is 0 Å². The fourth-order valence-corrected chi connectivity index (χ4v) is 4.33. The van der Waals surface area contributed by atoms with E-state index in [1.807, 2.05) is 6.07 Å². The van der Waals surface area contributed by atoms with Crippen LogP contribution in [0.15, 0.2) is 34.7 Å². The molecule has 0 saturated heterocycles. The molecule has 1 aliphatic heterocycles. The number of hydrogen-bond acceptors (Lipinski definition) is 6. The van der Waals surface area contributed by atoms with Gasteiger partial charge in [-0.25, -0.2) is 4.98 Å².